The van der Waals surface area contributed by atoms with Gasteiger partial charge < -0.3 is 10.4 Å². The number of phenolic OH excluding ortho intramolecular Hbond substituents is 1. The lowest BCUT2D eigenvalue weighted by Gasteiger charge is -2.10. The van der Waals surface area contributed by atoms with E-state index in [0.29, 0.717) is 17.8 Å². The van der Waals surface area contributed by atoms with Crippen LogP contribution in [-0.2, 0) is 12.7 Å². The van der Waals surface area contributed by atoms with Gasteiger partial charge in [-0.2, -0.15) is 13.2 Å². The first-order chi connectivity index (χ1) is 9.36. The number of nitrogens with zero attached hydrogens (tertiary/aromatic N) is 1. The maximum absolute atomic E-state index is 12.4. The molecule has 2 aromatic rings. The standard InChI is InChI=1S/C14H13F3N2O/c1-9-2-4-12(20)10(6-9)7-18-11-3-5-13(19-8-11)14(15,16)17/h2-6,8,18,20H,7H2,1H3. The number of phenols is 1. The molecule has 0 aliphatic heterocycles. The number of nitrogens with one attached hydrogen (secondary N) is 1. The number of aromatic nitrogens is 1. The van der Waals surface area contributed by atoms with Crippen molar-refractivity contribution in [1.29, 1.82) is 0 Å². The maximum atomic E-state index is 12.4. The number of aromatic hydroxyl groups is 1. The summed E-state index contributed by atoms with van der Waals surface area (Å²) in [5.41, 5.74) is 1.19. The van der Waals surface area contributed by atoms with E-state index in [0.717, 1.165) is 17.8 Å². The zero-order valence-electron chi connectivity index (χ0n) is 10.7. The molecule has 3 nitrogen and oxygen atoms in total. The molecule has 2 N–H and O–H groups in total. The van der Waals surface area contributed by atoms with E-state index < -0.39 is 11.9 Å². The van der Waals surface area contributed by atoms with Crippen LogP contribution in [-0.4, -0.2) is 10.1 Å². The van der Waals surface area contributed by atoms with Crippen LogP contribution in [0, 0.1) is 6.92 Å². The number of hydrogen-bond donors (Lipinski definition) is 2. The Bertz CT molecular complexity index is 594. The average molecular weight is 282 g/mol. The fourth-order valence-electron chi connectivity index (χ4n) is 1.72. The molecule has 0 saturated carbocycles. The van der Waals surface area contributed by atoms with Gasteiger partial charge in [-0.3, -0.25) is 0 Å². The summed E-state index contributed by atoms with van der Waals surface area (Å²) < 4.78 is 37.1. The van der Waals surface area contributed by atoms with Gasteiger partial charge in [0.15, 0.2) is 0 Å². The summed E-state index contributed by atoms with van der Waals surface area (Å²) in [5.74, 6) is 0.142. The van der Waals surface area contributed by atoms with Crippen LogP contribution < -0.4 is 5.32 Å². The molecular weight excluding hydrogens is 269 g/mol. The summed E-state index contributed by atoms with van der Waals surface area (Å²) >= 11 is 0. The van der Waals surface area contributed by atoms with Gasteiger partial charge in [0.25, 0.3) is 0 Å². The first kappa shape index (κ1) is 14.2. The number of aryl methyl sites for hydroxylation is 1. The van der Waals surface area contributed by atoms with Crippen LogP contribution in [0.25, 0.3) is 0 Å². The third-order valence-electron chi connectivity index (χ3n) is 2.77. The van der Waals surface area contributed by atoms with E-state index in [1.807, 2.05) is 6.92 Å². The van der Waals surface area contributed by atoms with E-state index in [9.17, 15) is 18.3 Å². The molecule has 0 atom stereocenters. The Hall–Kier alpha value is -2.24. The third-order valence-corrected chi connectivity index (χ3v) is 2.77. The van der Waals surface area contributed by atoms with E-state index >= 15 is 0 Å². The van der Waals surface area contributed by atoms with E-state index in [4.69, 9.17) is 0 Å². The number of halogens is 3. The number of benzene rings is 1. The van der Waals surface area contributed by atoms with E-state index in [1.165, 1.54) is 6.07 Å². The van der Waals surface area contributed by atoms with Crippen LogP contribution in [0.4, 0.5) is 18.9 Å². The van der Waals surface area contributed by atoms with Gasteiger partial charge in [0.05, 0.1) is 11.9 Å². The molecule has 0 fully saturated rings. The van der Waals surface area contributed by atoms with E-state index in [1.54, 1.807) is 18.2 Å². The topological polar surface area (TPSA) is 45.1 Å². The molecule has 0 spiro atoms. The molecule has 2 rings (SSSR count). The lowest BCUT2D eigenvalue weighted by atomic mass is 10.1. The lowest BCUT2D eigenvalue weighted by Crippen LogP contribution is -2.08. The van der Waals surface area contributed by atoms with Crippen LogP contribution in [0.2, 0.25) is 0 Å². The van der Waals surface area contributed by atoms with E-state index in [2.05, 4.69) is 10.3 Å². The predicted octanol–water partition coefficient (Wildman–Crippen LogP) is 3.73. The fourth-order valence-corrected chi connectivity index (χ4v) is 1.72. The summed E-state index contributed by atoms with van der Waals surface area (Å²) in [6.07, 6.45) is -3.32. The van der Waals surface area contributed by atoms with Gasteiger partial charge in [-0.25, -0.2) is 4.98 Å². The molecule has 0 aliphatic rings. The highest BCUT2D eigenvalue weighted by Gasteiger charge is 2.31. The van der Waals surface area contributed by atoms with Gasteiger partial charge >= 0.3 is 6.18 Å². The molecule has 6 heteroatoms. The first-order valence-corrected chi connectivity index (χ1v) is 5.92. The van der Waals surface area contributed by atoms with Gasteiger partial charge in [-0.15, -0.1) is 0 Å². The summed E-state index contributed by atoms with van der Waals surface area (Å²) in [7, 11) is 0. The zero-order valence-corrected chi connectivity index (χ0v) is 10.7. The van der Waals surface area contributed by atoms with Crippen molar-refractivity contribution in [3.05, 3.63) is 53.3 Å². The Morgan fingerprint density at radius 3 is 2.55 bits per heavy atom. The van der Waals surface area contributed by atoms with Crippen LogP contribution in [0.3, 0.4) is 0 Å². The third kappa shape index (κ3) is 3.40. The van der Waals surface area contributed by atoms with Crippen LogP contribution in [0.15, 0.2) is 36.5 Å². The lowest BCUT2D eigenvalue weighted by molar-refractivity contribution is -0.141. The quantitative estimate of drug-likeness (QED) is 0.901. The largest absolute Gasteiger partial charge is 0.508 e. The van der Waals surface area contributed by atoms with Gasteiger partial charge in [0.2, 0.25) is 0 Å². The van der Waals surface area contributed by atoms with Crippen molar-refractivity contribution >= 4 is 5.69 Å². The number of hydrogen-bond acceptors (Lipinski definition) is 3. The smallest absolute Gasteiger partial charge is 0.433 e. The van der Waals surface area contributed by atoms with Gasteiger partial charge in [0, 0.05) is 12.1 Å². The number of rotatable bonds is 3. The van der Waals surface area contributed by atoms with Crippen molar-refractivity contribution in [1.82, 2.24) is 4.98 Å². The highest BCUT2D eigenvalue weighted by molar-refractivity contribution is 5.44. The SMILES string of the molecule is Cc1ccc(O)c(CNc2ccc(C(F)(F)F)nc2)c1. The zero-order chi connectivity index (χ0) is 14.8. The van der Waals surface area contributed by atoms with Crippen molar-refractivity contribution in [2.24, 2.45) is 0 Å². The predicted molar refractivity (Wildman–Crippen MR) is 69.4 cm³/mol. The van der Waals surface area contributed by atoms with Gasteiger partial charge in [-0.1, -0.05) is 17.7 Å². The molecule has 1 heterocycles. The molecule has 0 radical (unpaired) electrons. The van der Waals surface area contributed by atoms with Gasteiger partial charge in [0.1, 0.15) is 11.4 Å². The average Bonchev–Trinajstić information content (AvgIpc) is 2.39. The Morgan fingerprint density at radius 1 is 1.20 bits per heavy atom. The van der Waals surface area contributed by atoms with Crippen molar-refractivity contribution in [3.8, 4) is 5.75 Å². The molecule has 1 aromatic carbocycles. The fraction of sp³-hybridized carbons (Fsp3) is 0.214. The summed E-state index contributed by atoms with van der Waals surface area (Å²) in [6.45, 7) is 2.20. The molecule has 0 saturated heterocycles. The number of anilines is 1. The molecule has 20 heavy (non-hydrogen) atoms. The second-order valence-corrected chi connectivity index (χ2v) is 4.42. The molecule has 0 bridgehead atoms. The Balaban J connectivity index is 2.06. The van der Waals surface area contributed by atoms with Crippen molar-refractivity contribution in [3.63, 3.8) is 0 Å². The number of pyridine rings is 1. The van der Waals surface area contributed by atoms with Crippen molar-refractivity contribution in [2.75, 3.05) is 5.32 Å². The normalized spacial score (nSPS) is 11.4. The highest BCUT2D eigenvalue weighted by atomic mass is 19.4. The maximum Gasteiger partial charge on any atom is 0.433 e. The van der Waals surface area contributed by atoms with Gasteiger partial charge in [-0.05, 0) is 25.1 Å². The second-order valence-electron chi connectivity index (χ2n) is 4.42. The Morgan fingerprint density at radius 2 is 1.95 bits per heavy atom. The Labute approximate surface area is 114 Å². The summed E-state index contributed by atoms with van der Waals surface area (Å²) in [6, 6.07) is 7.39. The van der Waals surface area contributed by atoms with Crippen LogP contribution in [0.1, 0.15) is 16.8 Å². The molecule has 0 amide bonds. The van der Waals surface area contributed by atoms with Crippen LogP contribution in [0.5, 0.6) is 5.75 Å². The molecule has 0 aliphatic carbocycles. The summed E-state index contributed by atoms with van der Waals surface area (Å²) in [5, 5.41) is 12.6. The molecule has 0 unspecified atom stereocenters. The minimum Gasteiger partial charge on any atom is -0.508 e. The highest BCUT2D eigenvalue weighted by Crippen LogP contribution is 2.28. The van der Waals surface area contributed by atoms with Crippen molar-refractivity contribution < 1.29 is 18.3 Å². The van der Waals surface area contributed by atoms with Crippen molar-refractivity contribution in [2.45, 2.75) is 19.6 Å². The van der Waals surface area contributed by atoms with E-state index in [-0.39, 0.29) is 5.75 Å². The molecular formula is C14H13F3N2O. The first-order valence-electron chi connectivity index (χ1n) is 5.92. The number of alkyl halides is 3. The second kappa shape index (κ2) is 5.40. The molecule has 1 aromatic heterocycles. The molecule has 106 valence electrons. The Kier molecular flexibility index (Phi) is 3.83. The minimum absolute atomic E-state index is 0.142. The van der Waals surface area contributed by atoms with Crippen LogP contribution >= 0.6 is 0 Å². The minimum atomic E-state index is -4.44. The monoisotopic (exact) mass is 282 g/mol. The summed E-state index contributed by atoms with van der Waals surface area (Å²) in [4.78, 5) is 3.35.